The Morgan fingerprint density at radius 1 is 0.213 bits per heavy atom. The monoisotopic (exact) mass is 775 g/mol. The topological polar surface area (TPSA) is 3.24 Å². The van der Waals surface area contributed by atoms with Crippen molar-refractivity contribution in [1.29, 1.82) is 0 Å². The van der Waals surface area contributed by atoms with E-state index in [4.69, 9.17) is 0 Å². The Morgan fingerprint density at radius 3 is 1.31 bits per heavy atom. The number of anilines is 3. The molecule has 0 amide bonds. The fourth-order valence-corrected chi connectivity index (χ4v) is 9.15. The largest absolute Gasteiger partial charge is 0.310 e. The molecule has 0 bridgehead atoms. The fourth-order valence-electron chi connectivity index (χ4n) is 9.15. The second-order valence-electron chi connectivity index (χ2n) is 15.7. The third-order valence-electron chi connectivity index (χ3n) is 12.1. The van der Waals surface area contributed by atoms with Gasteiger partial charge in [0, 0.05) is 17.1 Å². The zero-order chi connectivity index (χ0) is 40.5. The van der Waals surface area contributed by atoms with Gasteiger partial charge in [-0.15, -0.1) is 0 Å². The van der Waals surface area contributed by atoms with Crippen LogP contribution in [0.5, 0.6) is 0 Å². The summed E-state index contributed by atoms with van der Waals surface area (Å²) >= 11 is 0. The molecule has 1 nitrogen and oxygen atoms in total. The van der Waals surface area contributed by atoms with Crippen molar-refractivity contribution in [3.05, 3.63) is 249 Å². The van der Waals surface area contributed by atoms with Crippen LogP contribution in [-0.2, 0) is 0 Å². The fraction of sp³-hybridized carbons (Fsp3) is 0. The predicted octanol–water partition coefficient (Wildman–Crippen LogP) is 17.0. The van der Waals surface area contributed by atoms with Crippen LogP contribution in [0.3, 0.4) is 0 Å². The average Bonchev–Trinajstić information content (AvgIpc) is 3.34. The molecule has 0 unspecified atom stereocenters. The molecule has 0 spiro atoms. The number of hydrogen-bond donors (Lipinski definition) is 0. The second-order valence-corrected chi connectivity index (χ2v) is 15.7. The second kappa shape index (κ2) is 15.6. The first-order valence-electron chi connectivity index (χ1n) is 21.0. The smallest absolute Gasteiger partial charge is 0.0474 e. The third-order valence-corrected chi connectivity index (χ3v) is 12.1. The van der Waals surface area contributed by atoms with Crippen molar-refractivity contribution in [3.63, 3.8) is 0 Å². The summed E-state index contributed by atoms with van der Waals surface area (Å²) in [5, 5.41) is 7.41. The van der Waals surface area contributed by atoms with Gasteiger partial charge in [-0.1, -0.05) is 212 Å². The van der Waals surface area contributed by atoms with Crippen molar-refractivity contribution in [2.75, 3.05) is 4.90 Å². The Kier molecular flexibility index (Phi) is 9.26. The highest BCUT2D eigenvalue weighted by Crippen LogP contribution is 2.45. The first-order valence-corrected chi connectivity index (χ1v) is 21.0. The van der Waals surface area contributed by atoms with E-state index < -0.39 is 0 Å². The minimum Gasteiger partial charge on any atom is -0.310 e. The van der Waals surface area contributed by atoms with E-state index in [0.717, 1.165) is 17.1 Å². The highest BCUT2D eigenvalue weighted by Gasteiger charge is 2.19. The summed E-state index contributed by atoms with van der Waals surface area (Å²) < 4.78 is 0. The quantitative estimate of drug-likeness (QED) is 0.149. The van der Waals surface area contributed by atoms with E-state index in [2.05, 4.69) is 254 Å². The lowest BCUT2D eigenvalue weighted by molar-refractivity contribution is 1.29. The van der Waals surface area contributed by atoms with Crippen molar-refractivity contribution in [2.45, 2.75) is 0 Å². The van der Waals surface area contributed by atoms with Crippen molar-refractivity contribution < 1.29 is 0 Å². The van der Waals surface area contributed by atoms with Gasteiger partial charge in [-0.2, -0.15) is 0 Å². The Labute approximate surface area is 357 Å². The highest BCUT2D eigenvalue weighted by molar-refractivity contribution is 6.12. The Bertz CT molecular complexity index is 3310. The maximum Gasteiger partial charge on any atom is 0.0474 e. The van der Waals surface area contributed by atoms with Crippen molar-refractivity contribution in [2.24, 2.45) is 0 Å². The molecule has 0 saturated heterocycles. The standard InChI is InChI=1S/C60H41N/c1-4-16-42(17-5-1)43-30-34-49(35-31-43)61(51-40-48-23-11-13-26-53(48)59(41-51)57-28-14-24-45-22-10-12-25-52(45)57)50-36-32-47(33-37-50)56-39-38-54(44-18-6-2-7-19-44)58-29-15-27-55(60(56)58)46-20-8-3-9-21-46/h1-41H. The van der Waals surface area contributed by atoms with Crippen LogP contribution in [0.2, 0.25) is 0 Å². The molecule has 0 heterocycles. The minimum absolute atomic E-state index is 1.09. The molecular weight excluding hydrogens is 735 g/mol. The predicted molar refractivity (Wildman–Crippen MR) is 261 cm³/mol. The number of benzene rings is 11. The van der Waals surface area contributed by atoms with Gasteiger partial charge in [0.15, 0.2) is 0 Å². The lowest BCUT2D eigenvalue weighted by Gasteiger charge is -2.27. The van der Waals surface area contributed by atoms with Crippen molar-refractivity contribution >= 4 is 49.4 Å². The number of hydrogen-bond acceptors (Lipinski definition) is 1. The van der Waals surface area contributed by atoms with Crippen molar-refractivity contribution in [1.82, 2.24) is 0 Å². The molecule has 11 aromatic rings. The van der Waals surface area contributed by atoms with Gasteiger partial charge in [0.2, 0.25) is 0 Å². The molecule has 61 heavy (non-hydrogen) atoms. The summed E-state index contributed by atoms with van der Waals surface area (Å²) in [6, 6.07) is 90.5. The molecule has 0 saturated carbocycles. The van der Waals surface area contributed by atoms with Crippen molar-refractivity contribution in [3.8, 4) is 55.6 Å². The van der Waals surface area contributed by atoms with Gasteiger partial charge in [0.05, 0.1) is 0 Å². The maximum atomic E-state index is 2.41. The zero-order valence-corrected chi connectivity index (χ0v) is 33.6. The molecule has 1 heteroatoms. The molecule has 0 aliphatic rings. The van der Waals surface area contributed by atoms with Crippen LogP contribution in [0, 0.1) is 0 Å². The van der Waals surface area contributed by atoms with Gasteiger partial charge < -0.3 is 4.90 Å². The van der Waals surface area contributed by atoms with Crippen LogP contribution >= 0.6 is 0 Å². The molecule has 0 atom stereocenters. The van der Waals surface area contributed by atoms with Crippen LogP contribution in [0.4, 0.5) is 17.1 Å². The maximum absolute atomic E-state index is 2.41. The van der Waals surface area contributed by atoms with E-state index in [1.54, 1.807) is 0 Å². The number of nitrogens with zero attached hydrogens (tertiary/aromatic N) is 1. The lowest BCUT2D eigenvalue weighted by atomic mass is 9.87. The molecular formula is C60H41N. The first kappa shape index (κ1) is 36.1. The number of fused-ring (bicyclic) bond motifs is 3. The van der Waals surface area contributed by atoms with Gasteiger partial charge in [-0.05, 0) is 124 Å². The summed E-state index contributed by atoms with van der Waals surface area (Å²) in [4.78, 5) is 2.41. The van der Waals surface area contributed by atoms with Gasteiger partial charge in [0.25, 0.3) is 0 Å². The van der Waals surface area contributed by atoms with Crippen LogP contribution in [-0.4, -0.2) is 0 Å². The van der Waals surface area contributed by atoms with E-state index in [-0.39, 0.29) is 0 Å². The SMILES string of the molecule is c1ccc(-c2ccc(N(c3ccc(-c4ccc(-c5ccccc5)c5cccc(-c6ccccc6)c45)cc3)c3cc(-c4cccc5ccccc45)c4ccccc4c3)cc2)cc1. The Morgan fingerprint density at radius 2 is 0.639 bits per heavy atom. The summed E-state index contributed by atoms with van der Waals surface area (Å²) in [6.07, 6.45) is 0. The molecule has 0 N–H and O–H groups in total. The van der Waals surface area contributed by atoms with Gasteiger partial charge in [-0.25, -0.2) is 0 Å². The summed E-state index contributed by atoms with van der Waals surface area (Å²) in [5.41, 5.74) is 15.4. The summed E-state index contributed by atoms with van der Waals surface area (Å²) in [7, 11) is 0. The molecule has 0 radical (unpaired) electrons. The Balaban J connectivity index is 1.09. The normalized spacial score (nSPS) is 11.3. The molecule has 0 aliphatic heterocycles. The van der Waals surface area contributed by atoms with E-state index in [9.17, 15) is 0 Å². The van der Waals surface area contributed by atoms with E-state index in [1.807, 2.05) is 0 Å². The molecule has 0 aromatic heterocycles. The molecule has 11 aromatic carbocycles. The van der Waals surface area contributed by atoms with E-state index in [1.165, 1.54) is 88.0 Å². The molecule has 286 valence electrons. The average molecular weight is 776 g/mol. The lowest BCUT2D eigenvalue weighted by Crippen LogP contribution is -2.10. The molecule has 11 rings (SSSR count). The van der Waals surface area contributed by atoms with Crippen LogP contribution in [0.15, 0.2) is 249 Å². The zero-order valence-electron chi connectivity index (χ0n) is 33.6. The van der Waals surface area contributed by atoms with Crippen LogP contribution in [0.25, 0.3) is 88.0 Å². The van der Waals surface area contributed by atoms with Gasteiger partial charge in [0.1, 0.15) is 0 Å². The first-order chi connectivity index (χ1) is 30.3. The minimum atomic E-state index is 1.09. The molecule has 0 aliphatic carbocycles. The van der Waals surface area contributed by atoms with Gasteiger partial charge in [-0.3, -0.25) is 0 Å². The van der Waals surface area contributed by atoms with Gasteiger partial charge >= 0.3 is 0 Å². The van der Waals surface area contributed by atoms with E-state index >= 15 is 0 Å². The van der Waals surface area contributed by atoms with E-state index in [0.29, 0.717) is 0 Å². The summed E-state index contributed by atoms with van der Waals surface area (Å²) in [5.74, 6) is 0. The third kappa shape index (κ3) is 6.73. The van der Waals surface area contributed by atoms with Crippen LogP contribution in [0.1, 0.15) is 0 Å². The number of rotatable bonds is 8. The highest BCUT2D eigenvalue weighted by atomic mass is 15.1. The van der Waals surface area contributed by atoms with Crippen LogP contribution < -0.4 is 4.90 Å². The summed E-state index contributed by atoms with van der Waals surface area (Å²) in [6.45, 7) is 0. The Hall–Kier alpha value is -8.00. The molecule has 0 fully saturated rings.